The van der Waals surface area contributed by atoms with Gasteiger partial charge >= 0.3 is 0 Å². The van der Waals surface area contributed by atoms with Crippen LogP contribution in [0.5, 0.6) is 0 Å². The van der Waals surface area contributed by atoms with Crippen molar-refractivity contribution >= 4 is 50.0 Å². The van der Waals surface area contributed by atoms with E-state index in [1.54, 1.807) is 6.07 Å². The summed E-state index contributed by atoms with van der Waals surface area (Å²) in [7, 11) is 0. The highest BCUT2D eigenvalue weighted by atomic mass is 79.9. The normalized spacial score (nSPS) is 10.7. The highest BCUT2D eigenvalue weighted by Gasteiger charge is 2.06. The van der Waals surface area contributed by atoms with Crippen molar-refractivity contribution < 1.29 is 0 Å². The van der Waals surface area contributed by atoms with E-state index in [1.165, 1.54) is 0 Å². The molecule has 2 nitrogen and oxygen atoms in total. The van der Waals surface area contributed by atoms with Gasteiger partial charge in [0.05, 0.1) is 15.9 Å². The van der Waals surface area contributed by atoms with E-state index < -0.39 is 0 Å². The number of fused-ring (bicyclic) bond motifs is 1. The zero-order valence-corrected chi connectivity index (χ0v) is 9.36. The maximum absolute atomic E-state index is 5.93. The van der Waals surface area contributed by atoms with Crippen LogP contribution in [-0.4, -0.2) is 9.97 Å². The number of rotatable bonds is 0. The minimum absolute atomic E-state index is 0.363. The molecule has 1 aromatic carbocycles. The number of hydrogen-bond donors (Lipinski definition) is 0. The summed E-state index contributed by atoms with van der Waals surface area (Å²) >= 11 is 15.0. The molecule has 0 aliphatic heterocycles. The molecule has 0 aliphatic carbocycles. The molecule has 5 heteroatoms. The average molecular weight is 278 g/mol. The van der Waals surface area contributed by atoms with E-state index in [9.17, 15) is 0 Å². The molecule has 0 fully saturated rings. The number of halogens is 3. The Morgan fingerprint density at radius 3 is 2.69 bits per heavy atom. The first-order valence-corrected chi connectivity index (χ1v) is 5.00. The fraction of sp³-hybridized carbons (Fsp3) is 0. The summed E-state index contributed by atoms with van der Waals surface area (Å²) < 4.78 is 0.465. The highest BCUT2D eigenvalue weighted by Crippen LogP contribution is 2.28. The van der Waals surface area contributed by atoms with Gasteiger partial charge in [-0.1, -0.05) is 29.3 Å². The van der Waals surface area contributed by atoms with Crippen LogP contribution in [0.25, 0.3) is 10.9 Å². The van der Waals surface area contributed by atoms with E-state index in [2.05, 4.69) is 25.9 Å². The van der Waals surface area contributed by atoms with Gasteiger partial charge in [-0.05, 0) is 28.1 Å². The van der Waals surface area contributed by atoms with Gasteiger partial charge in [-0.2, -0.15) is 0 Å². The van der Waals surface area contributed by atoms with Crippen LogP contribution in [0.3, 0.4) is 0 Å². The molecule has 2 aromatic rings. The van der Waals surface area contributed by atoms with Gasteiger partial charge < -0.3 is 0 Å². The standard InChI is InChI=1S/C8H3BrCl2N2/c9-8-12-5-3-1-2-4(10)6(5)7(11)13-8/h1-3H. The molecule has 0 atom stereocenters. The second kappa shape index (κ2) is 3.40. The fourth-order valence-electron chi connectivity index (χ4n) is 1.07. The zero-order valence-electron chi connectivity index (χ0n) is 6.26. The molecule has 1 aromatic heterocycles. The molecule has 66 valence electrons. The van der Waals surface area contributed by atoms with Crippen molar-refractivity contribution in [2.24, 2.45) is 0 Å². The molecule has 0 aliphatic rings. The third-order valence-corrected chi connectivity index (χ3v) is 2.54. The second-order valence-corrected chi connectivity index (χ2v) is 3.89. The molecular formula is C8H3BrCl2N2. The lowest BCUT2D eigenvalue weighted by molar-refractivity contribution is 1.16. The van der Waals surface area contributed by atoms with Gasteiger partial charge in [0.25, 0.3) is 0 Å². The monoisotopic (exact) mass is 276 g/mol. The summed E-state index contributed by atoms with van der Waals surface area (Å²) in [6.45, 7) is 0. The van der Waals surface area contributed by atoms with Gasteiger partial charge in [0.2, 0.25) is 0 Å². The van der Waals surface area contributed by atoms with Crippen LogP contribution in [0.2, 0.25) is 10.2 Å². The van der Waals surface area contributed by atoms with Crippen molar-refractivity contribution in [2.75, 3.05) is 0 Å². The van der Waals surface area contributed by atoms with Crippen molar-refractivity contribution in [1.29, 1.82) is 0 Å². The van der Waals surface area contributed by atoms with Crippen molar-refractivity contribution in [3.05, 3.63) is 33.1 Å². The number of benzene rings is 1. The van der Waals surface area contributed by atoms with Crippen LogP contribution in [0.15, 0.2) is 22.9 Å². The highest BCUT2D eigenvalue weighted by molar-refractivity contribution is 9.10. The van der Waals surface area contributed by atoms with Gasteiger partial charge in [0, 0.05) is 0 Å². The smallest absolute Gasteiger partial charge is 0.198 e. The van der Waals surface area contributed by atoms with Crippen LogP contribution >= 0.6 is 39.1 Å². The first kappa shape index (κ1) is 9.19. The number of aromatic nitrogens is 2. The largest absolute Gasteiger partial charge is 0.222 e. The van der Waals surface area contributed by atoms with E-state index in [4.69, 9.17) is 23.2 Å². The quantitative estimate of drug-likeness (QED) is 0.542. The summed E-state index contributed by atoms with van der Waals surface area (Å²) in [5.41, 5.74) is 0.736. The summed E-state index contributed by atoms with van der Waals surface area (Å²) in [4.78, 5) is 8.08. The molecule has 0 amide bonds. The lowest BCUT2D eigenvalue weighted by Gasteiger charge is -2.01. The van der Waals surface area contributed by atoms with Gasteiger partial charge in [0.1, 0.15) is 5.15 Å². The van der Waals surface area contributed by atoms with Crippen LogP contribution in [0.4, 0.5) is 0 Å². The Morgan fingerprint density at radius 2 is 1.92 bits per heavy atom. The summed E-state index contributed by atoms with van der Waals surface area (Å²) in [6, 6.07) is 5.41. The van der Waals surface area contributed by atoms with E-state index in [0.29, 0.717) is 20.3 Å². The number of nitrogens with zero attached hydrogens (tertiary/aromatic N) is 2. The average Bonchev–Trinajstić information content (AvgIpc) is 2.02. The maximum Gasteiger partial charge on any atom is 0.198 e. The Morgan fingerprint density at radius 1 is 1.15 bits per heavy atom. The molecule has 0 N–H and O–H groups in total. The van der Waals surface area contributed by atoms with Crippen LogP contribution in [-0.2, 0) is 0 Å². The molecule has 0 bridgehead atoms. The molecule has 13 heavy (non-hydrogen) atoms. The van der Waals surface area contributed by atoms with E-state index in [0.717, 1.165) is 5.52 Å². The van der Waals surface area contributed by atoms with E-state index in [1.807, 2.05) is 12.1 Å². The fourth-order valence-corrected chi connectivity index (χ4v) is 2.13. The predicted molar refractivity (Wildman–Crippen MR) is 57.3 cm³/mol. The van der Waals surface area contributed by atoms with Crippen molar-refractivity contribution in [3.63, 3.8) is 0 Å². The van der Waals surface area contributed by atoms with Gasteiger partial charge in [0.15, 0.2) is 4.73 Å². The Bertz CT molecular complexity index is 473. The van der Waals surface area contributed by atoms with Crippen molar-refractivity contribution in [2.45, 2.75) is 0 Å². The van der Waals surface area contributed by atoms with Gasteiger partial charge in [-0.25, -0.2) is 9.97 Å². The second-order valence-electron chi connectivity index (χ2n) is 2.42. The predicted octanol–water partition coefficient (Wildman–Crippen LogP) is 3.70. The minimum atomic E-state index is 0.363. The van der Waals surface area contributed by atoms with E-state index >= 15 is 0 Å². The molecular weight excluding hydrogens is 275 g/mol. The minimum Gasteiger partial charge on any atom is -0.222 e. The molecule has 0 radical (unpaired) electrons. The maximum atomic E-state index is 5.93. The molecule has 2 rings (SSSR count). The molecule has 0 unspecified atom stereocenters. The molecule has 0 spiro atoms. The SMILES string of the molecule is Clc1cccc2nc(Br)nc(Cl)c12. The van der Waals surface area contributed by atoms with Gasteiger partial charge in [-0.3, -0.25) is 0 Å². The molecule has 1 heterocycles. The zero-order chi connectivity index (χ0) is 9.42. The Balaban J connectivity index is 2.94. The summed E-state index contributed by atoms with van der Waals surface area (Å²) in [5, 5.41) is 1.62. The lowest BCUT2D eigenvalue weighted by Crippen LogP contribution is -1.87. The van der Waals surface area contributed by atoms with Crippen molar-refractivity contribution in [3.8, 4) is 0 Å². The third kappa shape index (κ3) is 1.64. The Hall–Kier alpha value is -0.380. The summed E-state index contributed by atoms with van der Waals surface area (Å²) in [6.07, 6.45) is 0. The first-order chi connectivity index (χ1) is 6.18. The van der Waals surface area contributed by atoms with Gasteiger partial charge in [-0.15, -0.1) is 0 Å². The topological polar surface area (TPSA) is 25.8 Å². The van der Waals surface area contributed by atoms with Crippen LogP contribution in [0, 0.1) is 0 Å². The van der Waals surface area contributed by atoms with Crippen LogP contribution < -0.4 is 0 Å². The van der Waals surface area contributed by atoms with Crippen molar-refractivity contribution in [1.82, 2.24) is 9.97 Å². The third-order valence-electron chi connectivity index (χ3n) is 1.60. The van der Waals surface area contributed by atoms with E-state index in [-0.39, 0.29) is 0 Å². The molecule has 0 saturated carbocycles. The van der Waals surface area contributed by atoms with Crippen LogP contribution in [0.1, 0.15) is 0 Å². The first-order valence-electron chi connectivity index (χ1n) is 3.46. The summed E-state index contributed by atoms with van der Waals surface area (Å²) in [5.74, 6) is 0. The lowest BCUT2D eigenvalue weighted by atomic mass is 10.2. The molecule has 0 saturated heterocycles. The Kier molecular flexibility index (Phi) is 2.41. The Labute approximate surface area is 93.0 Å². The number of hydrogen-bond acceptors (Lipinski definition) is 2.